The van der Waals surface area contributed by atoms with Crippen molar-refractivity contribution in [3.63, 3.8) is 0 Å². The first-order valence-corrected chi connectivity index (χ1v) is 9.42. The van der Waals surface area contributed by atoms with Gasteiger partial charge >= 0.3 is 6.09 Å². The van der Waals surface area contributed by atoms with E-state index in [1.54, 1.807) is 43.3 Å². The Bertz CT molecular complexity index is 836. The summed E-state index contributed by atoms with van der Waals surface area (Å²) in [6.07, 6.45) is -0.559. The highest BCUT2D eigenvalue weighted by atomic mass is 79.9. The number of benzene rings is 2. The Kier molecular flexibility index (Phi) is 5.84. The third kappa shape index (κ3) is 4.72. The number of hydrogen-bond acceptors (Lipinski definition) is 4. The number of carbonyl (C=O) groups is 1. The third-order valence-corrected chi connectivity index (χ3v) is 5.37. The molecular formula is C16H17BrN2O4S. The van der Waals surface area contributed by atoms with Gasteiger partial charge in [-0.15, -0.1) is 0 Å². The van der Waals surface area contributed by atoms with Gasteiger partial charge < -0.3 is 4.74 Å². The Labute approximate surface area is 149 Å². The molecule has 0 saturated carbocycles. The molecule has 0 saturated heterocycles. The Morgan fingerprint density at radius 3 is 2.33 bits per heavy atom. The van der Waals surface area contributed by atoms with Gasteiger partial charge in [-0.25, -0.2) is 13.2 Å². The van der Waals surface area contributed by atoms with Gasteiger partial charge in [0, 0.05) is 15.8 Å². The number of amides is 1. The molecule has 0 radical (unpaired) electrons. The standard InChI is InChI=1S/C16H17BrN2O4S/c1-3-23-16(20)18-12-4-6-13(7-5-12)19-24(21,22)14-8-9-15(17)11(2)10-14/h4-10,19H,3H2,1-2H3,(H,18,20). The SMILES string of the molecule is CCOC(=O)Nc1ccc(NS(=O)(=O)c2ccc(Br)c(C)c2)cc1. The molecule has 2 aromatic rings. The number of halogens is 1. The van der Waals surface area contributed by atoms with Crippen LogP contribution < -0.4 is 10.0 Å². The van der Waals surface area contributed by atoms with Crippen molar-refractivity contribution in [2.24, 2.45) is 0 Å². The van der Waals surface area contributed by atoms with E-state index in [4.69, 9.17) is 4.74 Å². The van der Waals surface area contributed by atoms with E-state index in [9.17, 15) is 13.2 Å². The molecule has 0 aliphatic rings. The maximum Gasteiger partial charge on any atom is 0.411 e. The van der Waals surface area contributed by atoms with Crippen LogP contribution in [0.4, 0.5) is 16.2 Å². The lowest BCUT2D eigenvalue weighted by atomic mass is 10.2. The van der Waals surface area contributed by atoms with Crippen LogP contribution in [0.3, 0.4) is 0 Å². The average Bonchev–Trinajstić information content (AvgIpc) is 2.52. The number of anilines is 2. The quantitative estimate of drug-likeness (QED) is 0.772. The average molecular weight is 413 g/mol. The molecule has 6 nitrogen and oxygen atoms in total. The van der Waals surface area contributed by atoms with Crippen LogP contribution in [0.25, 0.3) is 0 Å². The maximum absolute atomic E-state index is 12.4. The Morgan fingerprint density at radius 1 is 1.12 bits per heavy atom. The monoisotopic (exact) mass is 412 g/mol. The summed E-state index contributed by atoms with van der Waals surface area (Å²) in [6, 6.07) is 11.1. The summed E-state index contributed by atoms with van der Waals surface area (Å²) in [7, 11) is -3.68. The molecule has 8 heteroatoms. The van der Waals surface area contributed by atoms with Crippen molar-refractivity contribution in [1.29, 1.82) is 0 Å². The lowest BCUT2D eigenvalue weighted by molar-refractivity contribution is 0.168. The van der Waals surface area contributed by atoms with Crippen LogP contribution in [0, 0.1) is 6.92 Å². The van der Waals surface area contributed by atoms with Crippen LogP contribution >= 0.6 is 15.9 Å². The molecule has 2 N–H and O–H groups in total. The van der Waals surface area contributed by atoms with Crippen LogP contribution in [0.1, 0.15) is 12.5 Å². The fourth-order valence-corrected chi connectivity index (χ4v) is 3.30. The minimum absolute atomic E-state index is 0.178. The van der Waals surface area contributed by atoms with Gasteiger partial charge in [0.25, 0.3) is 10.0 Å². The van der Waals surface area contributed by atoms with E-state index < -0.39 is 16.1 Å². The van der Waals surface area contributed by atoms with Gasteiger partial charge in [0.1, 0.15) is 0 Å². The van der Waals surface area contributed by atoms with E-state index in [2.05, 4.69) is 26.0 Å². The second kappa shape index (κ2) is 7.67. The molecule has 1 amide bonds. The van der Waals surface area contributed by atoms with Gasteiger partial charge in [-0.2, -0.15) is 0 Å². The molecular weight excluding hydrogens is 396 g/mol. The molecule has 24 heavy (non-hydrogen) atoms. The van der Waals surface area contributed by atoms with Gasteiger partial charge in [-0.05, 0) is 61.9 Å². The number of carbonyl (C=O) groups excluding carboxylic acids is 1. The summed E-state index contributed by atoms with van der Waals surface area (Å²) in [5.74, 6) is 0. The number of hydrogen-bond donors (Lipinski definition) is 2. The Morgan fingerprint density at radius 2 is 1.75 bits per heavy atom. The summed E-state index contributed by atoms with van der Waals surface area (Å²) >= 11 is 3.34. The minimum atomic E-state index is -3.68. The normalized spacial score (nSPS) is 11.0. The van der Waals surface area contributed by atoms with E-state index in [0.717, 1.165) is 10.0 Å². The molecule has 0 atom stereocenters. The van der Waals surface area contributed by atoms with Crippen LogP contribution in [-0.2, 0) is 14.8 Å². The first-order valence-electron chi connectivity index (χ1n) is 7.14. The topological polar surface area (TPSA) is 84.5 Å². The predicted octanol–water partition coefficient (Wildman–Crippen LogP) is 4.13. The smallest absolute Gasteiger partial charge is 0.411 e. The Hall–Kier alpha value is -2.06. The van der Waals surface area contributed by atoms with E-state index in [0.29, 0.717) is 11.4 Å². The number of sulfonamides is 1. The summed E-state index contributed by atoms with van der Waals surface area (Å²) in [6.45, 7) is 3.80. The summed E-state index contributed by atoms with van der Waals surface area (Å²) < 4.78 is 32.9. The van der Waals surface area contributed by atoms with Crippen LogP contribution in [-0.4, -0.2) is 21.1 Å². The summed E-state index contributed by atoms with van der Waals surface area (Å²) in [5.41, 5.74) is 1.73. The first-order chi connectivity index (χ1) is 11.3. The largest absolute Gasteiger partial charge is 0.450 e. The van der Waals surface area contributed by atoms with E-state index in [1.165, 1.54) is 6.07 Å². The zero-order valence-electron chi connectivity index (χ0n) is 13.2. The molecule has 0 spiro atoms. The molecule has 0 unspecified atom stereocenters. The number of rotatable bonds is 5. The molecule has 0 aliphatic heterocycles. The highest BCUT2D eigenvalue weighted by Crippen LogP contribution is 2.22. The zero-order valence-corrected chi connectivity index (χ0v) is 15.6. The van der Waals surface area contributed by atoms with Crippen LogP contribution in [0.2, 0.25) is 0 Å². The zero-order chi connectivity index (χ0) is 17.7. The van der Waals surface area contributed by atoms with Crippen molar-refractivity contribution in [1.82, 2.24) is 0 Å². The Balaban J connectivity index is 2.12. The van der Waals surface area contributed by atoms with Gasteiger partial charge in [-0.1, -0.05) is 15.9 Å². The fourth-order valence-electron chi connectivity index (χ4n) is 1.91. The van der Waals surface area contributed by atoms with Crippen molar-refractivity contribution in [2.45, 2.75) is 18.7 Å². The summed E-state index contributed by atoms with van der Waals surface area (Å²) in [5, 5.41) is 2.53. The third-order valence-electron chi connectivity index (χ3n) is 3.10. The molecule has 0 aliphatic carbocycles. The van der Waals surface area contributed by atoms with Crippen LogP contribution in [0.5, 0.6) is 0 Å². The van der Waals surface area contributed by atoms with E-state index in [-0.39, 0.29) is 11.5 Å². The first kappa shape index (κ1) is 18.3. The molecule has 0 heterocycles. The van der Waals surface area contributed by atoms with Crippen molar-refractivity contribution in [3.8, 4) is 0 Å². The number of ether oxygens (including phenoxy) is 1. The lowest BCUT2D eigenvalue weighted by Gasteiger charge is -2.10. The lowest BCUT2D eigenvalue weighted by Crippen LogP contribution is -2.14. The molecule has 0 fully saturated rings. The summed E-state index contributed by atoms with van der Waals surface area (Å²) in [4.78, 5) is 11.5. The van der Waals surface area contributed by atoms with Crippen molar-refractivity contribution >= 4 is 43.4 Å². The number of aryl methyl sites for hydroxylation is 1. The minimum Gasteiger partial charge on any atom is -0.450 e. The van der Waals surface area contributed by atoms with E-state index >= 15 is 0 Å². The molecule has 0 bridgehead atoms. The molecule has 0 aromatic heterocycles. The van der Waals surface area contributed by atoms with Crippen molar-refractivity contribution in [2.75, 3.05) is 16.6 Å². The highest BCUT2D eigenvalue weighted by Gasteiger charge is 2.15. The van der Waals surface area contributed by atoms with Gasteiger partial charge in [0.05, 0.1) is 11.5 Å². The van der Waals surface area contributed by atoms with Gasteiger partial charge in [0.15, 0.2) is 0 Å². The van der Waals surface area contributed by atoms with Crippen LogP contribution in [0.15, 0.2) is 51.8 Å². The maximum atomic E-state index is 12.4. The fraction of sp³-hybridized carbons (Fsp3) is 0.188. The van der Waals surface area contributed by atoms with Crippen molar-refractivity contribution in [3.05, 3.63) is 52.5 Å². The van der Waals surface area contributed by atoms with Gasteiger partial charge in [-0.3, -0.25) is 10.0 Å². The van der Waals surface area contributed by atoms with E-state index in [1.807, 2.05) is 6.92 Å². The molecule has 2 rings (SSSR count). The second-order valence-electron chi connectivity index (χ2n) is 4.94. The molecule has 128 valence electrons. The predicted molar refractivity (Wildman–Crippen MR) is 96.8 cm³/mol. The highest BCUT2D eigenvalue weighted by molar-refractivity contribution is 9.10. The number of nitrogens with one attached hydrogen (secondary N) is 2. The van der Waals surface area contributed by atoms with Crippen molar-refractivity contribution < 1.29 is 17.9 Å². The second-order valence-corrected chi connectivity index (χ2v) is 7.48. The molecule has 2 aromatic carbocycles. The van der Waals surface area contributed by atoms with Gasteiger partial charge in [0.2, 0.25) is 0 Å².